The van der Waals surface area contributed by atoms with Gasteiger partial charge in [0.15, 0.2) is 0 Å². The van der Waals surface area contributed by atoms with Gasteiger partial charge in [-0.1, -0.05) is 6.42 Å². The predicted molar refractivity (Wildman–Crippen MR) is 50.4 cm³/mol. The summed E-state index contributed by atoms with van der Waals surface area (Å²) in [5.41, 5.74) is 5.44. The van der Waals surface area contributed by atoms with Crippen LogP contribution >= 0.6 is 0 Å². The van der Waals surface area contributed by atoms with Gasteiger partial charge in [0, 0.05) is 5.92 Å². The normalized spacial score (nSPS) is 35.4. The molecular weight excluding hydrogens is 178 g/mol. The molecule has 3 unspecified atom stereocenters. The summed E-state index contributed by atoms with van der Waals surface area (Å²) >= 11 is 0. The molecule has 0 radical (unpaired) electrons. The molecule has 2 fully saturated rings. The summed E-state index contributed by atoms with van der Waals surface area (Å²) in [7, 11) is 0. The van der Waals surface area contributed by atoms with Crippen LogP contribution < -0.4 is 5.73 Å². The van der Waals surface area contributed by atoms with Crippen molar-refractivity contribution < 1.29 is 4.42 Å². The Morgan fingerprint density at radius 1 is 1.29 bits per heavy atom. The summed E-state index contributed by atoms with van der Waals surface area (Å²) in [6, 6.07) is 0. The molecule has 0 aromatic carbocycles. The Bertz CT molecular complexity index is 336. The first-order chi connectivity index (χ1) is 6.86. The number of fused-ring (bicyclic) bond motifs is 2. The van der Waals surface area contributed by atoms with Crippen molar-refractivity contribution in [2.75, 3.05) is 0 Å². The Kier molecular flexibility index (Phi) is 1.83. The number of nitrogens with two attached hydrogens (primary N) is 1. The lowest BCUT2D eigenvalue weighted by Gasteiger charge is -2.17. The molecular formula is C10H15N3O. The van der Waals surface area contributed by atoms with Gasteiger partial charge in [0.2, 0.25) is 11.8 Å². The molecule has 0 amide bonds. The van der Waals surface area contributed by atoms with E-state index >= 15 is 0 Å². The fraction of sp³-hybridized carbons (Fsp3) is 0.800. The molecule has 1 heterocycles. The minimum absolute atomic E-state index is 0.355. The second kappa shape index (κ2) is 3.05. The Labute approximate surface area is 82.9 Å². The molecule has 0 spiro atoms. The van der Waals surface area contributed by atoms with Crippen LogP contribution in [-0.2, 0) is 6.54 Å². The van der Waals surface area contributed by atoms with Crippen LogP contribution in [0.5, 0.6) is 0 Å². The van der Waals surface area contributed by atoms with Crippen molar-refractivity contribution in [2.24, 2.45) is 17.6 Å². The highest BCUT2D eigenvalue weighted by Gasteiger charge is 2.42. The highest BCUT2D eigenvalue weighted by atomic mass is 16.4. The highest BCUT2D eigenvalue weighted by molar-refractivity contribution is 5.04. The van der Waals surface area contributed by atoms with E-state index in [4.69, 9.17) is 10.2 Å². The van der Waals surface area contributed by atoms with Crippen molar-refractivity contribution in [3.63, 3.8) is 0 Å². The third kappa shape index (κ3) is 1.17. The van der Waals surface area contributed by atoms with E-state index in [0.29, 0.717) is 18.4 Å². The third-order valence-electron chi connectivity index (χ3n) is 3.71. The molecule has 2 bridgehead atoms. The summed E-state index contributed by atoms with van der Waals surface area (Å²) in [6.45, 7) is 0.355. The van der Waals surface area contributed by atoms with E-state index in [0.717, 1.165) is 17.7 Å². The summed E-state index contributed by atoms with van der Waals surface area (Å²) in [5.74, 6) is 3.64. The predicted octanol–water partition coefficient (Wildman–Crippen LogP) is 1.43. The van der Waals surface area contributed by atoms with Crippen LogP contribution in [0.4, 0.5) is 0 Å². The Morgan fingerprint density at radius 3 is 2.79 bits per heavy atom. The van der Waals surface area contributed by atoms with Crippen LogP contribution in [0, 0.1) is 11.8 Å². The lowest BCUT2D eigenvalue weighted by atomic mass is 9.89. The van der Waals surface area contributed by atoms with Crippen LogP contribution in [0.1, 0.15) is 43.4 Å². The first-order valence-electron chi connectivity index (χ1n) is 5.39. The Hall–Kier alpha value is -0.900. The molecule has 0 aliphatic heterocycles. The molecule has 2 N–H and O–H groups in total. The number of hydrogen-bond acceptors (Lipinski definition) is 4. The van der Waals surface area contributed by atoms with Crippen LogP contribution in [0.3, 0.4) is 0 Å². The van der Waals surface area contributed by atoms with Crippen LogP contribution in [-0.4, -0.2) is 10.2 Å². The molecule has 1 aromatic rings. The molecule has 2 saturated carbocycles. The first-order valence-corrected chi connectivity index (χ1v) is 5.39. The first kappa shape index (κ1) is 8.41. The van der Waals surface area contributed by atoms with E-state index in [9.17, 15) is 0 Å². The molecule has 76 valence electrons. The van der Waals surface area contributed by atoms with Crippen LogP contribution in [0.25, 0.3) is 0 Å². The molecule has 4 heteroatoms. The van der Waals surface area contributed by atoms with E-state index in [-0.39, 0.29) is 0 Å². The molecule has 2 aliphatic carbocycles. The summed E-state index contributed by atoms with van der Waals surface area (Å²) in [6.07, 6.45) is 5.36. The average Bonchev–Trinajstić information content (AvgIpc) is 2.93. The zero-order chi connectivity index (χ0) is 9.54. The van der Waals surface area contributed by atoms with Crippen molar-refractivity contribution in [3.05, 3.63) is 11.8 Å². The lowest BCUT2D eigenvalue weighted by molar-refractivity contribution is 0.336. The lowest BCUT2D eigenvalue weighted by Crippen LogP contribution is -2.08. The monoisotopic (exact) mass is 193 g/mol. The van der Waals surface area contributed by atoms with E-state index in [2.05, 4.69) is 10.2 Å². The van der Waals surface area contributed by atoms with Gasteiger partial charge in [0.05, 0.1) is 6.54 Å². The molecule has 1 aromatic heterocycles. The van der Waals surface area contributed by atoms with Crippen molar-refractivity contribution >= 4 is 0 Å². The second-order valence-corrected chi connectivity index (χ2v) is 4.52. The molecule has 3 rings (SSSR count). The standard InChI is InChI=1S/C10H15N3O/c11-5-9-12-13-10(14-9)8-4-6-1-2-7(8)3-6/h6-8H,1-5,11H2. The molecule has 3 atom stereocenters. The van der Waals surface area contributed by atoms with Gasteiger partial charge in [0.25, 0.3) is 0 Å². The number of rotatable bonds is 2. The average molecular weight is 193 g/mol. The van der Waals surface area contributed by atoms with Crippen molar-refractivity contribution in [2.45, 2.75) is 38.1 Å². The molecule has 14 heavy (non-hydrogen) atoms. The van der Waals surface area contributed by atoms with Gasteiger partial charge < -0.3 is 10.2 Å². The van der Waals surface area contributed by atoms with Crippen molar-refractivity contribution in [1.82, 2.24) is 10.2 Å². The smallest absolute Gasteiger partial charge is 0.230 e. The molecule has 4 nitrogen and oxygen atoms in total. The summed E-state index contributed by atoms with van der Waals surface area (Å²) in [5, 5.41) is 8.01. The Balaban J connectivity index is 1.82. The topological polar surface area (TPSA) is 64.9 Å². The fourth-order valence-electron chi connectivity index (χ4n) is 3.05. The number of hydrogen-bond donors (Lipinski definition) is 1. The molecule has 2 aliphatic rings. The van der Waals surface area contributed by atoms with Crippen molar-refractivity contribution in [3.8, 4) is 0 Å². The minimum Gasteiger partial charge on any atom is -0.424 e. The second-order valence-electron chi connectivity index (χ2n) is 4.52. The zero-order valence-corrected chi connectivity index (χ0v) is 8.15. The Morgan fingerprint density at radius 2 is 2.21 bits per heavy atom. The summed E-state index contributed by atoms with van der Waals surface area (Å²) < 4.78 is 5.52. The fourth-order valence-corrected chi connectivity index (χ4v) is 3.05. The van der Waals surface area contributed by atoms with E-state index in [1.165, 1.54) is 25.7 Å². The zero-order valence-electron chi connectivity index (χ0n) is 8.15. The highest BCUT2D eigenvalue weighted by Crippen LogP contribution is 2.52. The van der Waals surface area contributed by atoms with Gasteiger partial charge in [-0.3, -0.25) is 0 Å². The number of nitrogens with zero attached hydrogens (tertiary/aromatic N) is 2. The maximum Gasteiger partial charge on any atom is 0.230 e. The van der Waals surface area contributed by atoms with Gasteiger partial charge in [-0.25, -0.2) is 0 Å². The minimum atomic E-state index is 0.355. The van der Waals surface area contributed by atoms with Crippen LogP contribution in [0.2, 0.25) is 0 Å². The van der Waals surface area contributed by atoms with Gasteiger partial charge in [-0.05, 0) is 31.1 Å². The summed E-state index contributed by atoms with van der Waals surface area (Å²) in [4.78, 5) is 0. The van der Waals surface area contributed by atoms with Gasteiger partial charge >= 0.3 is 0 Å². The van der Waals surface area contributed by atoms with E-state index in [1.807, 2.05) is 0 Å². The number of aromatic nitrogens is 2. The van der Waals surface area contributed by atoms with E-state index < -0.39 is 0 Å². The van der Waals surface area contributed by atoms with E-state index in [1.54, 1.807) is 0 Å². The SMILES string of the molecule is NCc1nnc(C2CC3CCC2C3)o1. The van der Waals surface area contributed by atoms with Gasteiger partial charge in [0.1, 0.15) is 0 Å². The maximum absolute atomic E-state index is 5.52. The largest absolute Gasteiger partial charge is 0.424 e. The van der Waals surface area contributed by atoms with Gasteiger partial charge in [-0.15, -0.1) is 10.2 Å². The van der Waals surface area contributed by atoms with Crippen molar-refractivity contribution in [1.29, 1.82) is 0 Å². The van der Waals surface area contributed by atoms with Gasteiger partial charge in [-0.2, -0.15) is 0 Å². The third-order valence-corrected chi connectivity index (χ3v) is 3.71. The molecule has 0 saturated heterocycles. The maximum atomic E-state index is 5.52. The van der Waals surface area contributed by atoms with Crippen LogP contribution in [0.15, 0.2) is 4.42 Å². The quantitative estimate of drug-likeness (QED) is 0.771.